The van der Waals surface area contributed by atoms with Crippen molar-refractivity contribution in [2.75, 3.05) is 11.4 Å². The average Bonchev–Trinajstić information content (AvgIpc) is 2.37. The zero-order chi connectivity index (χ0) is 16.9. The highest BCUT2D eigenvalue weighted by molar-refractivity contribution is 5.92. The summed E-state index contributed by atoms with van der Waals surface area (Å²) in [6.07, 6.45) is -4.34. The van der Waals surface area contributed by atoms with Crippen LogP contribution in [0.3, 0.4) is 0 Å². The van der Waals surface area contributed by atoms with Crippen LogP contribution in [-0.4, -0.2) is 24.4 Å². The summed E-state index contributed by atoms with van der Waals surface area (Å²) in [5.41, 5.74) is -0.449. The summed E-state index contributed by atoms with van der Waals surface area (Å²) < 4.78 is 37.6. The van der Waals surface area contributed by atoms with Gasteiger partial charge in [-0.1, -0.05) is 0 Å². The van der Waals surface area contributed by atoms with Gasteiger partial charge < -0.3 is 10.2 Å². The van der Waals surface area contributed by atoms with Crippen LogP contribution in [0.15, 0.2) is 24.3 Å². The van der Waals surface area contributed by atoms with Gasteiger partial charge in [-0.2, -0.15) is 13.2 Å². The van der Waals surface area contributed by atoms with E-state index >= 15 is 0 Å². The third kappa shape index (κ3) is 5.38. The van der Waals surface area contributed by atoms with Gasteiger partial charge in [0.25, 0.3) is 0 Å². The second-order valence-corrected chi connectivity index (χ2v) is 5.19. The molecule has 0 aliphatic heterocycles. The van der Waals surface area contributed by atoms with E-state index in [1.165, 1.54) is 24.0 Å². The molecule has 0 heterocycles. The summed E-state index contributed by atoms with van der Waals surface area (Å²) >= 11 is 0. The number of hydrogen-bond acceptors (Lipinski definition) is 2. The van der Waals surface area contributed by atoms with Crippen LogP contribution in [0.1, 0.15) is 32.8 Å². The van der Waals surface area contributed by atoms with Crippen LogP contribution in [0.2, 0.25) is 0 Å². The van der Waals surface area contributed by atoms with Gasteiger partial charge in [-0.25, -0.2) is 0 Å². The van der Waals surface area contributed by atoms with Gasteiger partial charge >= 0.3 is 6.18 Å². The summed E-state index contributed by atoms with van der Waals surface area (Å²) in [5.74, 6) is -0.551. The van der Waals surface area contributed by atoms with Crippen LogP contribution < -0.4 is 10.2 Å². The third-order valence-electron chi connectivity index (χ3n) is 2.90. The first-order chi connectivity index (χ1) is 10.1. The summed E-state index contributed by atoms with van der Waals surface area (Å²) in [6, 6.07) is 4.28. The lowest BCUT2D eigenvalue weighted by atomic mass is 10.2. The van der Waals surface area contributed by atoms with E-state index in [1.807, 2.05) is 13.8 Å². The molecule has 7 heteroatoms. The van der Waals surface area contributed by atoms with Crippen LogP contribution in [-0.2, 0) is 15.8 Å². The first-order valence-corrected chi connectivity index (χ1v) is 6.86. The molecule has 0 spiro atoms. The van der Waals surface area contributed by atoms with Crippen molar-refractivity contribution in [3.63, 3.8) is 0 Å². The minimum absolute atomic E-state index is 0.00986. The molecule has 122 valence electrons. The molecular formula is C15H19F3N2O2. The van der Waals surface area contributed by atoms with Gasteiger partial charge in [0.15, 0.2) is 0 Å². The molecule has 1 N–H and O–H groups in total. The first-order valence-electron chi connectivity index (χ1n) is 6.86. The van der Waals surface area contributed by atoms with Crippen LogP contribution in [0.25, 0.3) is 0 Å². The van der Waals surface area contributed by atoms with Gasteiger partial charge in [-0.15, -0.1) is 0 Å². The molecule has 0 aliphatic carbocycles. The Morgan fingerprint density at radius 3 is 2.14 bits per heavy atom. The molecule has 0 radical (unpaired) electrons. The molecule has 0 saturated carbocycles. The van der Waals surface area contributed by atoms with E-state index in [9.17, 15) is 22.8 Å². The number of amides is 2. The second-order valence-electron chi connectivity index (χ2n) is 5.19. The number of anilines is 1. The van der Waals surface area contributed by atoms with Crippen LogP contribution in [0, 0.1) is 0 Å². The lowest BCUT2D eigenvalue weighted by Gasteiger charge is -2.22. The van der Waals surface area contributed by atoms with Crippen molar-refractivity contribution in [3.05, 3.63) is 29.8 Å². The number of nitrogens with zero attached hydrogens (tertiary/aromatic N) is 1. The second kappa shape index (κ2) is 7.29. The number of rotatable bonds is 5. The van der Waals surface area contributed by atoms with E-state index in [1.54, 1.807) is 0 Å². The Balaban J connectivity index is 2.79. The predicted molar refractivity (Wildman–Crippen MR) is 77.4 cm³/mol. The topological polar surface area (TPSA) is 49.4 Å². The first kappa shape index (κ1) is 18.0. The third-order valence-corrected chi connectivity index (χ3v) is 2.90. The summed E-state index contributed by atoms with van der Waals surface area (Å²) in [4.78, 5) is 24.5. The van der Waals surface area contributed by atoms with Gasteiger partial charge in [-0.05, 0) is 38.1 Å². The van der Waals surface area contributed by atoms with E-state index in [4.69, 9.17) is 0 Å². The van der Waals surface area contributed by atoms with E-state index in [-0.39, 0.29) is 30.8 Å². The summed E-state index contributed by atoms with van der Waals surface area (Å²) in [6.45, 7) is 5.05. The van der Waals surface area contributed by atoms with Crippen molar-refractivity contribution >= 4 is 17.5 Å². The lowest BCUT2D eigenvalue weighted by Crippen LogP contribution is -2.36. The van der Waals surface area contributed by atoms with E-state index in [2.05, 4.69) is 5.32 Å². The number of halogens is 3. The van der Waals surface area contributed by atoms with E-state index < -0.39 is 11.7 Å². The number of nitrogens with one attached hydrogen (secondary N) is 1. The van der Waals surface area contributed by atoms with E-state index in [0.717, 1.165) is 12.1 Å². The summed E-state index contributed by atoms with van der Waals surface area (Å²) in [5, 5.41) is 2.69. The van der Waals surface area contributed by atoms with Gasteiger partial charge in [0.1, 0.15) is 0 Å². The maximum atomic E-state index is 12.5. The predicted octanol–water partition coefficient (Wildman–Crippen LogP) is 2.97. The maximum Gasteiger partial charge on any atom is 0.416 e. The molecule has 22 heavy (non-hydrogen) atoms. The molecule has 4 nitrogen and oxygen atoms in total. The molecule has 0 saturated heterocycles. The minimum atomic E-state index is -4.42. The molecule has 0 aromatic heterocycles. The number of alkyl halides is 3. The standard InChI is InChI=1S/C15H19F3N2O2/c1-10(2)19-14(22)8-9-20(11(3)21)13-6-4-12(5-7-13)15(16,17)18/h4-7,10H,8-9H2,1-3H3,(H,19,22). The molecule has 0 atom stereocenters. The average molecular weight is 316 g/mol. The number of carbonyl (C=O) groups excluding carboxylic acids is 2. The smallest absolute Gasteiger partial charge is 0.354 e. The van der Waals surface area contributed by atoms with Crippen LogP contribution in [0.4, 0.5) is 18.9 Å². The Labute approximate surface area is 127 Å². The fourth-order valence-corrected chi connectivity index (χ4v) is 1.91. The molecule has 0 bridgehead atoms. The van der Waals surface area contributed by atoms with Crippen molar-refractivity contribution < 1.29 is 22.8 Å². The zero-order valence-electron chi connectivity index (χ0n) is 12.7. The van der Waals surface area contributed by atoms with Crippen molar-refractivity contribution in [1.29, 1.82) is 0 Å². The minimum Gasteiger partial charge on any atom is -0.354 e. The lowest BCUT2D eigenvalue weighted by molar-refractivity contribution is -0.137. The van der Waals surface area contributed by atoms with Crippen molar-refractivity contribution in [2.24, 2.45) is 0 Å². The van der Waals surface area contributed by atoms with E-state index in [0.29, 0.717) is 5.69 Å². The monoisotopic (exact) mass is 316 g/mol. The van der Waals surface area contributed by atoms with Crippen molar-refractivity contribution in [2.45, 2.75) is 39.4 Å². The number of hydrogen-bond donors (Lipinski definition) is 1. The normalized spacial score (nSPS) is 11.4. The van der Waals surface area contributed by atoms with Gasteiger partial charge in [-0.3, -0.25) is 9.59 Å². The van der Waals surface area contributed by atoms with Gasteiger partial charge in [0.05, 0.1) is 5.56 Å². The molecule has 0 aliphatic rings. The zero-order valence-corrected chi connectivity index (χ0v) is 12.7. The summed E-state index contributed by atoms with van der Waals surface area (Å²) in [7, 11) is 0. The number of benzene rings is 1. The SMILES string of the molecule is CC(=O)N(CCC(=O)NC(C)C)c1ccc(C(F)(F)F)cc1. The highest BCUT2D eigenvalue weighted by Gasteiger charge is 2.30. The van der Waals surface area contributed by atoms with Crippen molar-refractivity contribution in [1.82, 2.24) is 5.32 Å². The maximum absolute atomic E-state index is 12.5. The Morgan fingerprint density at radius 1 is 1.18 bits per heavy atom. The van der Waals surface area contributed by atoms with Gasteiger partial charge in [0, 0.05) is 31.6 Å². The van der Waals surface area contributed by atoms with Crippen molar-refractivity contribution in [3.8, 4) is 0 Å². The van der Waals surface area contributed by atoms with Gasteiger partial charge in [0.2, 0.25) is 11.8 Å². The quantitative estimate of drug-likeness (QED) is 0.908. The Bertz CT molecular complexity index is 525. The highest BCUT2D eigenvalue weighted by atomic mass is 19.4. The Kier molecular flexibility index (Phi) is 5.96. The number of carbonyl (C=O) groups is 2. The fraction of sp³-hybridized carbons (Fsp3) is 0.467. The van der Waals surface area contributed by atoms with Crippen LogP contribution in [0.5, 0.6) is 0 Å². The highest BCUT2D eigenvalue weighted by Crippen LogP contribution is 2.30. The Morgan fingerprint density at radius 2 is 1.73 bits per heavy atom. The molecular weight excluding hydrogens is 297 g/mol. The molecule has 1 aromatic rings. The molecule has 1 rings (SSSR count). The molecule has 1 aromatic carbocycles. The molecule has 2 amide bonds. The molecule has 0 unspecified atom stereocenters. The Hall–Kier alpha value is -2.05. The fourth-order valence-electron chi connectivity index (χ4n) is 1.91. The molecule has 0 fully saturated rings. The van der Waals surface area contributed by atoms with Crippen LogP contribution >= 0.6 is 0 Å². The largest absolute Gasteiger partial charge is 0.416 e.